The Hall–Kier alpha value is -2.01. The van der Waals surface area contributed by atoms with Crippen LogP contribution in [0.15, 0.2) is 34.9 Å². The van der Waals surface area contributed by atoms with Gasteiger partial charge >= 0.3 is 0 Å². The van der Waals surface area contributed by atoms with Crippen LogP contribution in [0.4, 0.5) is 5.88 Å². The maximum atomic E-state index is 5.65. The van der Waals surface area contributed by atoms with E-state index in [1.165, 1.54) is 0 Å². The maximum absolute atomic E-state index is 5.65. The van der Waals surface area contributed by atoms with E-state index in [2.05, 4.69) is 5.16 Å². The summed E-state index contributed by atoms with van der Waals surface area (Å²) in [5.74, 6) is 1.14. The fraction of sp³-hybridized carbons (Fsp3) is 0.250. The van der Waals surface area contributed by atoms with Gasteiger partial charge in [0, 0.05) is 11.6 Å². The largest absolute Gasteiger partial charge is 0.486 e. The number of nitrogen functional groups attached to an aromatic ring is 1. The molecule has 3 rings (SSSR count). The van der Waals surface area contributed by atoms with Gasteiger partial charge in [-0.2, -0.15) is 0 Å². The van der Waals surface area contributed by atoms with E-state index in [0.29, 0.717) is 19.1 Å². The number of rotatable bonds is 3. The van der Waals surface area contributed by atoms with Gasteiger partial charge in [0.15, 0.2) is 0 Å². The van der Waals surface area contributed by atoms with Gasteiger partial charge in [-0.1, -0.05) is 5.16 Å². The lowest BCUT2D eigenvalue weighted by Crippen LogP contribution is -2.38. The molecule has 1 aromatic carbocycles. The first-order chi connectivity index (χ1) is 8.31. The zero-order chi connectivity index (χ0) is 11.7. The Morgan fingerprint density at radius 2 is 2.00 bits per heavy atom. The van der Waals surface area contributed by atoms with Gasteiger partial charge in [0.2, 0.25) is 5.88 Å². The van der Waals surface area contributed by atoms with Crippen molar-refractivity contribution in [1.82, 2.24) is 5.16 Å². The average molecular weight is 232 g/mol. The molecule has 88 valence electrons. The van der Waals surface area contributed by atoms with Crippen molar-refractivity contribution >= 4 is 5.88 Å². The minimum Gasteiger partial charge on any atom is -0.486 e. The van der Waals surface area contributed by atoms with Gasteiger partial charge in [0.05, 0.1) is 13.2 Å². The van der Waals surface area contributed by atoms with Crippen LogP contribution in [0.2, 0.25) is 0 Å². The molecule has 1 fully saturated rings. The molecular formula is C12H12N2O3. The highest BCUT2D eigenvalue weighted by Crippen LogP contribution is 2.24. The van der Waals surface area contributed by atoms with Gasteiger partial charge in [0.1, 0.15) is 17.5 Å². The van der Waals surface area contributed by atoms with E-state index in [0.717, 1.165) is 17.0 Å². The molecule has 1 aromatic heterocycles. The highest BCUT2D eigenvalue weighted by molar-refractivity contribution is 5.61. The Morgan fingerprint density at radius 1 is 1.24 bits per heavy atom. The van der Waals surface area contributed by atoms with Gasteiger partial charge in [-0.25, -0.2) is 0 Å². The van der Waals surface area contributed by atoms with Gasteiger partial charge in [-0.3, -0.25) is 0 Å². The monoisotopic (exact) mass is 232 g/mol. The quantitative estimate of drug-likeness (QED) is 0.872. The Labute approximate surface area is 98.1 Å². The van der Waals surface area contributed by atoms with E-state index < -0.39 is 0 Å². The zero-order valence-corrected chi connectivity index (χ0v) is 9.13. The summed E-state index contributed by atoms with van der Waals surface area (Å²) in [5, 5.41) is 3.84. The number of benzene rings is 1. The Morgan fingerprint density at radius 3 is 2.53 bits per heavy atom. The third-order valence-corrected chi connectivity index (χ3v) is 2.59. The SMILES string of the molecule is Nc1cc(-c2ccc(OC3COC3)cc2)no1. The second kappa shape index (κ2) is 4.10. The molecule has 0 atom stereocenters. The molecule has 0 aliphatic carbocycles. The summed E-state index contributed by atoms with van der Waals surface area (Å²) in [5.41, 5.74) is 7.14. The lowest BCUT2D eigenvalue weighted by Gasteiger charge is -2.26. The molecular weight excluding hydrogens is 220 g/mol. The molecule has 0 amide bonds. The molecule has 0 saturated carbocycles. The van der Waals surface area contributed by atoms with E-state index >= 15 is 0 Å². The first kappa shape index (κ1) is 10.2. The predicted octanol–water partition coefficient (Wildman–Crippen LogP) is 1.70. The van der Waals surface area contributed by atoms with Crippen molar-refractivity contribution in [2.45, 2.75) is 6.10 Å². The molecule has 17 heavy (non-hydrogen) atoms. The smallest absolute Gasteiger partial charge is 0.222 e. The van der Waals surface area contributed by atoms with Crippen molar-refractivity contribution in [3.63, 3.8) is 0 Å². The van der Waals surface area contributed by atoms with Crippen molar-refractivity contribution in [3.8, 4) is 17.0 Å². The van der Waals surface area contributed by atoms with Crippen LogP contribution >= 0.6 is 0 Å². The summed E-state index contributed by atoms with van der Waals surface area (Å²) in [7, 11) is 0. The lowest BCUT2D eigenvalue weighted by molar-refractivity contribution is -0.0796. The van der Waals surface area contributed by atoms with Crippen LogP contribution in [0.3, 0.4) is 0 Å². The molecule has 0 radical (unpaired) electrons. The van der Waals surface area contributed by atoms with Gasteiger partial charge in [0.25, 0.3) is 0 Å². The second-order valence-corrected chi connectivity index (χ2v) is 3.92. The number of hydrogen-bond acceptors (Lipinski definition) is 5. The van der Waals surface area contributed by atoms with Gasteiger partial charge in [-0.05, 0) is 24.3 Å². The molecule has 5 heteroatoms. The molecule has 5 nitrogen and oxygen atoms in total. The first-order valence-corrected chi connectivity index (χ1v) is 5.38. The van der Waals surface area contributed by atoms with Crippen molar-refractivity contribution in [1.29, 1.82) is 0 Å². The normalized spacial score (nSPS) is 15.5. The molecule has 0 unspecified atom stereocenters. The summed E-state index contributed by atoms with van der Waals surface area (Å²) < 4.78 is 15.5. The highest BCUT2D eigenvalue weighted by Gasteiger charge is 2.19. The molecule has 0 bridgehead atoms. The molecule has 1 aliphatic heterocycles. The summed E-state index contributed by atoms with van der Waals surface area (Å²) >= 11 is 0. The van der Waals surface area contributed by atoms with Gasteiger partial charge in [-0.15, -0.1) is 0 Å². The molecule has 1 saturated heterocycles. The maximum Gasteiger partial charge on any atom is 0.222 e. The minimum absolute atomic E-state index is 0.184. The van der Waals surface area contributed by atoms with E-state index in [1.54, 1.807) is 6.07 Å². The van der Waals surface area contributed by atoms with Crippen LogP contribution in [0, 0.1) is 0 Å². The molecule has 1 aliphatic rings. The first-order valence-electron chi connectivity index (χ1n) is 5.38. The summed E-state index contributed by atoms with van der Waals surface area (Å²) in [6.45, 7) is 1.34. The summed E-state index contributed by atoms with van der Waals surface area (Å²) in [4.78, 5) is 0. The molecule has 2 heterocycles. The van der Waals surface area contributed by atoms with Crippen molar-refractivity contribution in [2.24, 2.45) is 0 Å². The number of nitrogens with two attached hydrogens (primary N) is 1. The standard InChI is InChI=1S/C12H12N2O3/c13-12-5-11(14-17-12)8-1-3-9(4-2-8)16-10-6-15-7-10/h1-5,10H,6-7,13H2. The Bertz CT molecular complexity index is 503. The van der Waals surface area contributed by atoms with Crippen LogP contribution in [0.1, 0.15) is 0 Å². The lowest BCUT2D eigenvalue weighted by atomic mass is 10.1. The third-order valence-electron chi connectivity index (χ3n) is 2.59. The number of ether oxygens (including phenoxy) is 2. The fourth-order valence-electron chi connectivity index (χ4n) is 1.60. The van der Waals surface area contributed by atoms with E-state index in [4.69, 9.17) is 19.7 Å². The van der Waals surface area contributed by atoms with Crippen molar-refractivity contribution < 1.29 is 14.0 Å². The summed E-state index contributed by atoms with van der Waals surface area (Å²) in [6.07, 6.45) is 0.184. The van der Waals surface area contributed by atoms with Crippen molar-refractivity contribution in [3.05, 3.63) is 30.3 Å². The molecule has 2 aromatic rings. The number of anilines is 1. The van der Waals surface area contributed by atoms with Crippen LogP contribution in [0.5, 0.6) is 5.75 Å². The Kier molecular flexibility index (Phi) is 2.45. The van der Waals surface area contributed by atoms with Crippen LogP contribution in [-0.2, 0) is 4.74 Å². The topological polar surface area (TPSA) is 70.5 Å². The van der Waals surface area contributed by atoms with E-state index in [1.807, 2.05) is 24.3 Å². The number of aromatic nitrogens is 1. The van der Waals surface area contributed by atoms with Crippen molar-refractivity contribution in [2.75, 3.05) is 18.9 Å². The third kappa shape index (κ3) is 2.09. The van der Waals surface area contributed by atoms with Crippen LogP contribution < -0.4 is 10.5 Å². The van der Waals surface area contributed by atoms with Crippen LogP contribution in [-0.4, -0.2) is 24.5 Å². The zero-order valence-electron chi connectivity index (χ0n) is 9.13. The molecule has 0 spiro atoms. The molecule has 2 N–H and O–H groups in total. The predicted molar refractivity (Wildman–Crippen MR) is 61.6 cm³/mol. The van der Waals surface area contributed by atoms with Crippen LogP contribution in [0.25, 0.3) is 11.3 Å². The minimum atomic E-state index is 0.184. The number of hydrogen-bond donors (Lipinski definition) is 1. The van der Waals surface area contributed by atoms with Gasteiger partial charge < -0.3 is 19.7 Å². The summed E-state index contributed by atoms with van der Waals surface area (Å²) in [6, 6.07) is 9.34. The average Bonchev–Trinajstić information content (AvgIpc) is 2.71. The highest BCUT2D eigenvalue weighted by atomic mass is 16.6. The number of nitrogens with zero attached hydrogens (tertiary/aromatic N) is 1. The fourth-order valence-corrected chi connectivity index (χ4v) is 1.60. The second-order valence-electron chi connectivity index (χ2n) is 3.92. The van der Waals surface area contributed by atoms with E-state index in [-0.39, 0.29) is 6.10 Å². The Balaban J connectivity index is 1.75. The van der Waals surface area contributed by atoms with E-state index in [9.17, 15) is 0 Å².